The Kier molecular flexibility index (Phi) is 11.6. The number of carbonyl (C=O) groups excluding carboxylic acids is 4. The van der Waals surface area contributed by atoms with Crippen LogP contribution in [-0.2, 0) is 24.7 Å². The van der Waals surface area contributed by atoms with Gasteiger partial charge < -0.3 is 30.7 Å². The number of amides is 2. The summed E-state index contributed by atoms with van der Waals surface area (Å²) < 4.78 is 48.6. The van der Waals surface area contributed by atoms with Crippen LogP contribution in [0.5, 0.6) is 6.01 Å². The van der Waals surface area contributed by atoms with Crippen LogP contribution in [0.15, 0.2) is 48.5 Å². The van der Waals surface area contributed by atoms with Gasteiger partial charge in [-0.05, 0) is 104 Å². The fourth-order valence-corrected chi connectivity index (χ4v) is 7.78. The standard InChI is InChI=1S/C38H43ClF3N7O6/c1-36(2)24-7-4-22(27(36)18-24)19-43-31(52)29(50)15-14-28(32(53)54-3)45-30(51)21-5-12-26(13-6-21)44-33-46-34(48-35(47-33)55-20-38(40,41)42)49-37(16-17-37)23-8-10-25(39)11-9-23/h5-6,8-13,22,24,27-28H,4,7,14-20H2,1-3H3,(H,43,52)(H,45,51)(H2,44,46,47,48,49)/t22?,24-,27-,28-/m0/s1. The number of alkyl halides is 3. The molecule has 3 aromatic rings. The number of aromatic nitrogens is 3. The first-order chi connectivity index (χ1) is 26.0. The van der Waals surface area contributed by atoms with Crippen molar-refractivity contribution in [1.29, 1.82) is 0 Å². The maximum absolute atomic E-state index is 13.1. The van der Waals surface area contributed by atoms with E-state index in [1.807, 2.05) is 12.1 Å². The Morgan fingerprint density at radius 3 is 2.27 bits per heavy atom. The van der Waals surface area contributed by atoms with Gasteiger partial charge in [-0.1, -0.05) is 37.6 Å². The van der Waals surface area contributed by atoms with Crippen LogP contribution in [0.4, 0.5) is 30.8 Å². The SMILES string of the molecule is COC(=O)[C@H](CCC(=O)C(=O)NCC1CC[C@H]2C[C@@H]1C2(C)C)NC(=O)c1ccc(Nc2nc(NC3(c4ccc(Cl)cc4)CC3)nc(OCC(F)(F)F)n2)cc1. The summed E-state index contributed by atoms with van der Waals surface area (Å²) >= 11 is 6.04. The molecule has 294 valence electrons. The first kappa shape index (κ1) is 39.7. The van der Waals surface area contributed by atoms with Crippen LogP contribution >= 0.6 is 11.6 Å². The fourth-order valence-electron chi connectivity index (χ4n) is 7.66. The van der Waals surface area contributed by atoms with Crippen molar-refractivity contribution in [2.45, 2.75) is 76.6 Å². The Balaban J connectivity index is 1.06. The number of halogens is 4. The van der Waals surface area contributed by atoms with Crippen molar-refractivity contribution in [1.82, 2.24) is 25.6 Å². The summed E-state index contributed by atoms with van der Waals surface area (Å²) in [6.45, 7) is 3.33. The second-order valence-corrected chi connectivity index (χ2v) is 15.4. The van der Waals surface area contributed by atoms with Gasteiger partial charge in [0.25, 0.3) is 11.8 Å². The highest BCUT2D eigenvalue weighted by Gasteiger charge is 2.54. The van der Waals surface area contributed by atoms with E-state index in [1.54, 1.807) is 12.1 Å². The second-order valence-electron chi connectivity index (χ2n) is 15.0. The van der Waals surface area contributed by atoms with Crippen molar-refractivity contribution in [3.8, 4) is 6.01 Å². The van der Waals surface area contributed by atoms with Gasteiger partial charge in [0.15, 0.2) is 6.61 Å². The number of carbonyl (C=O) groups is 4. The zero-order chi connectivity index (χ0) is 39.5. The summed E-state index contributed by atoms with van der Waals surface area (Å²) in [6, 6.07) is 11.2. The number of ketones is 1. The summed E-state index contributed by atoms with van der Waals surface area (Å²) in [5.74, 6) is -1.43. The van der Waals surface area contributed by atoms with Gasteiger partial charge in [-0.3, -0.25) is 14.4 Å². The molecular weight excluding hydrogens is 743 g/mol. The molecule has 4 saturated carbocycles. The summed E-state index contributed by atoms with van der Waals surface area (Å²) in [7, 11) is 1.15. The average molecular weight is 786 g/mol. The molecule has 4 atom stereocenters. The Bertz CT molecular complexity index is 1910. The van der Waals surface area contributed by atoms with E-state index in [2.05, 4.69) is 50.1 Å². The topological polar surface area (TPSA) is 174 Å². The Labute approximate surface area is 320 Å². The number of benzene rings is 2. The molecule has 1 heterocycles. The predicted molar refractivity (Wildman–Crippen MR) is 196 cm³/mol. The predicted octanol–water partition coefficient (Wildman–Crippen LogP) is 6.12. The number of nitrogens with one attached hydrogen (secondary N) is 4. The molecule has 0 aliphatic heterocycles. The number of anilines is 3. The number of methoxy groups -OCH3 is 1. The summed E-state index contributed by atoms with van der Waals surface area (Å²) in [6.07, 6.45) is -0.350. The van der Waals surface area contributed by atoms with Gasteiger partial charge >= 0.3 is 18.2 Å². The number of ether oxygens (including phenoxy) is 2. The maximum Gasteiger partial charge on any atom is 0.422 e. The number of esters is 1. The minimum Gasteiger partial charge on any atom is -0.467 e. The van der Waals surface area contributed by atoms with Crippen molar-refractivity contribution in [2.75, 3.05) is 30.9 Å². The number of hydrogen-bond donors (Lipinski definition) is 4. The third-order valence-corrected chi connectivity index (χ3v) is 11.4. The van der Waals surface area contributed by atoms with Crippen LogP contribution < -0.4 is 26.0 Å². The minimum atomic E-state index is -4.63. The molecule has 55 heavy (non-hydrogen) atoms. The number of nitrogens with zero attached hydrogens (tertiary/aromatic N) is 3. The van der Waals surface area contributed by atoms with E-state index in [0.717, 1.165) is 37.9 Å². The Hall–Kier alpha value is -4.99. The monoisotopic (exact) mass is 785 g/mol. The molecule has 0 spiro atoms. The molecule has 4 aliphatic carbocycles. The van der Waals surface area contributed by atoms with Gasteiger partial charge in [0.2, 0.25) is 17.7 Å². The minimum absolute atomic E-state index is 0.0208. The molecule has 0 radical (unpaired) electrons. The zero-order valence-electron chi connectivity index (χ0n) is 30.6. The van der Waals surface area contributed by atoms with Crippen molar-refractivity contribution >= 4 is 52.8 Å². The number of rotatable bonds is 16. The van der Waals surface area contributed by atoms with Crippen LogP contribution in [-0.4, -0.2) is 71.0 Å². The Morgan fingerprint density at radius 1 is 0.964 bits per heavy atom. The third kappa shape index (κ3) is 9.64. The van der Waals surface area contributed by atoms with Crippen LogP contribution in [0, 0.1) is 23.2 Å². The summed E-state index contributed by atoms with van der Waals surface area (Å²) in [4.78, 5) is 63.4. The lowest BCUT2D eigenvalue weighted by Gasteiger charge is -2.60. The number of fused-ring (bicyclic) bond motifs is 2. The van der Waals surface area contributed by atoms with Gasteiger partial charge in [-0.2, -0.15) is 28.1 Å². The van der Waals surface area contributed by atoms with E-state index in [-0.39, 0.29) is 35.7 Å². The van der Waals surface area contributed by atoms with E-state index < -0.39 is 53.9 Å². The summed E-state index contributed by atoms with van der Waals surface area (Å²) in [5.41, 5.74) is 1.10. The van der Waals surface area contributed by atoms with E-state index >= 15 is 0 Å². The first-order valence-corrected chi connectivity index (χ1v) is 18.5. The molecule has 2 bridgehead atoms. The molecule has 1 unspecified atom stereocenters. The van der Waals surface area contributed by atoms with Crippen molar-refractivity contribution in [3.63, 3.8) is 0 Å². The van der Waals surface area contributed by atoms with E-state index in [0.29, 0.717) is 41.9 Å². The van der Waals surface area contributed by atoms with Gasteiger partial charge in [0.1, 0.15) is 6.04 Å². The zero-order valence-corrected chi connectivity index (χ0v) is 31.4. The van der Waals surface area contributed by atoms with E-state index in [9.17, 15) is 32.3 Å². The van der Waals surface area contributed by atoms with Crippen LogP contribution in [0.2, 0.25) is 5.02 Å². The van der Waals surface area contributed by atoms with E-state index in [4.69, 9.17) is 21.1 Å². The molecule has 4 N–H and O–H groups in total. The molecule has 17 heteroatoms. The fraction of sp³-hybridized carbons (Fsp3) is 0.500. The van der Waals surface area contributed by atoms with Crippen LogP contribution in [0.1, 0.15) is 74.7 Å². The highest BCUT2D eigenvalue weighted by atomic mass is 35.5. The van der Waals surface area contributed by atoms with Gasteiger partial charge in [-0.15, -0.1) is 0 Å². The van der Waals surface area contributed by atoms with Crippen molar-refractivity contribution in [3.05, 3.63) is 64.7 Å². The number of hydrogen-bond acceptors (Lipinski definition) is 11. The largest absolute Gasteiger partial charge is 0.467 e. The molecular formula is C38H43ClF3N7O6. The molecule has 2 amide bonds. The molecule has 13 nitrogen and oxygen atoms in total. The maximum atomic E-state index is 13.1. The lowest BCUT2D eigenvalue weighted by atomic mass is 9.45. The summed E-state index contributed by atoms with van der Waals surface area (Å²) in [5, 5.41) is 12.0. The highest BCUT2D eigenvalue weighted by Crippen LogP contribution is 2.61. The van der Waals surface area contributed by atoms with Crippen molar-refractivity contribution in [2.24, 2.45) is 23.2 Å². The van der Waals surface area contributed by atoms with E-state index in [1.165, 1.54) is 24.3 Å². The molecule has 4 fully saturated rings. The normalized spacial score (nSPS) is 20.9. The third-order valence-electron chi connectivity index (χ3n) is 11.1. The van der Waals surface area contributed by atoms with Crippen molar-refractivity contribution < 1.29 is 41.8 Å². The number of Topliss-reactive ketones (excluding diaryl/α,β-unsaturated/α-hetero) is 1. The smallest absolute Gasteiger partial charge is 0.422 e. The quantitative estimate of drug-likeness (QED) is 0.0974. The molecule has 2 aromatic carbocycles. The van der Waals surface area contributed by atoms with Crippen LogP contribution in [0.25, 0.3) is 0 Å². The van der Waals surface area contributed by atoms with Crippen LogP contribution in [0.3, 0.4) is 0 Å². The van der Waals surface area contributed by atoms with Gasteiger partial charge in [-0.25, -0.2) is 4.79 Å². The second kappa shape index (κ2) is 16.0. The molecule has 7 rings (SSSR count). The highest BCUT2D eigenvalue weighted by molar-refractivity contribution is 6.36. The lowest BCUT2D eigenvalue weighted by Crippen LogP contribution is -2.54. The lowest BCUT2D eigenvalue weighted by molar-refractivity contribution is -0.154. The molecule has 4 aliphatic rings. The Morgan fingerprint density at radius 2 is 1.65 bits per heavy atom. The molecule has 1 aromatic heterocycles. The van der Waals surface area contributed by atoms with Gasteiger partial charge in [0, 0.05) is 29.2 Å². The average Bonchev–Trinajstić information content (AvgIpc) is 3.94. The molecule has 0 saturated heterocycles. The first-order valence-electron chi connectivity index (χ1n) is 18.1. The van der Waals surface area contributed by atoms with Gasteiger partial charge in [0.05, 0.1) is 12.6 Å².